The molecule has 0 saturated carbocycles. The van der Waals surface area contributed by atoms with E-state index in [4.69, 9.17) is 0 Å². The summed E-state index contributed by atoms with van der Waals surface area (Å²) in [5.41, 5.74) is 3.57. The molecule has 4 rings (SSSR count). The van der Waals surface area contributed by atoms with Crippen molar-refractivity contribution in [2.24, 2.45) is 0 Å². The number of para-hydroxylation sites is 1. The Morgan fingerprint density at radius 2 is 1.79 bits per heavy atom. The summed E-state index contributed by atoms with van der Waals surface area (Å²) in [5.74, 6) is -1.58. The highest BCUT2D eigenvalue weighted by atomic mass is 16.4. The number of nitrogens with zero attached hydrogens (tertiary/aromatic N) is 1. The van der Waals surface area contributed by atoms with E-state index in [0.717, 1.165) is 27.4 Å². The quantitative estimate of drug-likeness (QED) is 0.499. The number of H-pyrrole nitrogens is 1. The molecule has 6 nitrogen and oxygen atoms in total. The van der Waals surface area contributed by atoms with Gasteiger partial charge in [0.15, 0.2) is 0 Å². The number of aliphatic carboxylic acids is 1. The average molecular weight is 373 g/mol. The molecule has 0 saturated heterocycles. The number of benzene rings is 2. The molecular weight excluding hydrogens is 354 g/mol. The van der Waals surface area contributed by atoms with Crippen molar-refractivity contribution >= 4 is 33.7 Å². The SMILES string of the molecule is Cc1nc(C(=O)NC(Cc2ccccc2)C(=O)O)cc2c1[nH]c1ccccc12. The third kappa shape index (κ3) is 3.32. The van der Waals surface area contributed by atoms with Gasteiger partial charge < -0.3 is 15.4 Å². The second-order valence-electron chi connectivity index (χ2n) is 6.74. The summed E-state index contributed by atoms with van der Waals surface area (Å²) in [6, 6.07) is 17.7. The third-order valence-electron chi connectivity index (χ3n) is 4.80. The minimum absolute atomic E-state index is 0.203. The summed E-state index contributed by atoms with van der Waals surface area (Å²) < 4.78 is 0. The molecule has 140 valence electrons. The van der Waals surface area contributed by atoms with Crippen molar-refractivity contribution in [3.8, 4) is 0 Å². The molecule has 0 radical (unpaired) electrons. The van der Waals surface area contributed by atoms with Crippen molar-refractivity contribution in [2.75, 3.05) is 0 Å². The number of hydrogen-bond acceptors (Lipinski definition) is 3. The van der Waals surface area contributed by atoms with Gasteiger partial charge in [0.1, 0.15) is 11.7 Å². The summed E-state index contributed by atoms with van der Waals surface area (Å²) >= 11 is 0. The predicted octanol–water partition coefficient (Wildman–Crippen LogP) is 3.45. The van der Waals surface area contributed by atoms with Crippen LogP contribution in [-0.2, 0) is 11.2 Å². The number of aromatic amines is 1. The zero-order chi connectivity index (χ0) is 19.7. The maximum atomic E-state index is 12.8. The number of rotatable bonds is 5. The lowest BCUT2D eigenvalue weighted by molar-refractivity contribution is -0.139. The van der Waals surface area contributed by atoms with E-state index in [1.54, 1.807) is 6.07 Å². The van der Waals surface area contributed by atoms with Crippen LogP contribution >= 0.6 is 0 Å². The van der Waals surface area contributed by atoms with Crippen LogP contribution in [-0.4, -0.2) is 33.0 Å². The van der Waals surface area contributed by atoms with Gasteiger partial charge in [-0.15, -0.1) is 0 Å². The van der Waals surface area contributed by atoms with Crippen molar-refractivity contribution in [2.45, 2.75) is 19.4 Å². The van der Waals surface area contributed by atoms with Crippen LogP contribution in [0.25, 0.3) is 21.8 Å². The molecule has 1 atom stereocenters. The van der Waals surface area contributed by atoms with Crippen LogP contribution in [0.1, 0.15) is 21.7 Å². The van der Waals surface area contributed by atoms with E-state index < -0.39 is 17.9 Å². The second kappa shape index (κ2) is 7.15. The standard InChI is InChI=1S/C22H19N3O3/c1-13-20-16(15-9-5-6-10-17(15)24-20)12-18(23-13)21(26)25-19(22(27)28)11-14-7-3-2-4-8-14/h2-10,12,19,24H,11H2,1H3,(H,25,26)(H,27,28). The number of carboxylic acids is 1. The van der Waals surface area contributed by atoms with Crippen LogP contribution in [0.5, 0.6) is 0 Å². The van der Waals surface area contributed by atoms with E-state index in [1.807, 2.05) is 61.5 Å². The van der Waals surface area contributed by atoms with E-state index in [0.29, 0.717) is 5.69 Å². The largest absolute Gasteiger partial charge is 0.480 e. The highest BCUT2D eigenvalue weighted by Crippen LogP contribution is 2.27. The highest BCUT2D eigenvalue weighted by Gasteiger charge is 2.22. The van der Waals surface area contributed by atoms with Crippen LogP contribution in [0.4, 0.5) is 0 Å². The first-order valence-corrected chi connectivity index (χ1v) is 8.98. The molecular formula is C22H19N3O3. The van der Waals surface area contributed by atoms with Gasteiger partial charge in [-0.25, -0.2) is 9.78 Å². The van der Waals surface area contributed by atoms with Crippen LogP contribution < -0.4 is 5.32 Å². The lowest BCUT2D eigenvalue weighted by atomic mass is 10.1. The van der Waals surface area contributed by atoms with Gasteiger partial charge in [0.25, 0.3) is 5.91 Å². The Bertz CT molecular complexity index is 1180. The fourth-order valence-corrected chi connectivity index (χ4v) is 3.40. The summed E-state index contributed by atoms with van der Waals surface area (Å²) in [6.07, 6.45) is 0.205. The minimum atomic E-state index is -1.08. The predicted molar refractivity (Wildman–Crippen MR) is 107 cm³/mol. The molecule has 0 fully saturated rings. The Balaban J connectivity index is 1.65. The Morgan fingerprint density at radius 3 is 2.54 bits per heavy atom. The summed E-state index contributed by atoms with van der Waals surface area (Å²) in [5, 5.41) is 14.0. The van der Waals surface area contributed by atoms with Gasteiger partial charge in [-0.05, 0) is 24.6 Å². The highest BCUT2D eigenvalue weighted by molar-refractivity contribution is 6.10. The van der Waals surface area contributed by atoms with Crippen LogP contribution in [0.3, 0.4) is 0 Å². The number of amides is 1. The van der Waals surface area contributed by atoms with Gasteiger partial charge in [0, 0.05) is 22.7 Å². The molecule has 4 aromatic rings. The minimum Gasteiger partial charge on any atom is -0.480 e. The maximum absolute atomic E-state index is 12.8. The van der Waals surface area contributed by atoms with Gasteiger partial charge in [-0.3, -0.25) is 4.79 Å². The molecule has 0 aliphatic carbocycles. The van der Waals surface area contributed by atoms with Crippen molar-refractivity contribution in [1.82, 2.24) is 15.3 Å². The number of nitrogens with one attached hydrogen (secondary N) is 2. The molecule has 2 aromatic heterocycles. The van der Waals surface area contributed by atoms with E-state index in [2.05, 4.69) is 15.3 Å². The molecule has 28 heavy (non-hydrogen) atoms. The Morgan fingerprint density at radius 1 is 1.07 bits per heavy atom. The molecule has 6 heteroatoms. The molecule has 0 bridgehead atoms. The Labute approximate surface area is 161 Å². The van der Waals surface area contributed by atoms with E-state index in [9.17, 15) is 14.7 Å². The van der Waals surface area contributed by atoms with Crippen LogP contribution in [0, 0.1) is 6.92 Å². The zero-order valence-corrected chi connectivity index (χ0v) is 15.3. The molecule has 0 aliphatic heterocycles. The van der Waals surface area contributed by atoms with Gasteiger partial charge in [0.2, 0.25) is 0 Å². The van der Waals surface area contributed by atoms with Crippen molar-refractivity contribution < 1.29 is 14.7 Å². The van der Waals surface area contributed by atoms with Gasteiger partial charge in [-0.2, -0.15) is 0 Å². The van der Waals surface area contributed by atoms with Gasteiger partial charge in [0.05, 0.1) is 11.2 Å². The normalized spacial score (nSPS) is 12.2. The topological polar surface area (TPSA) is 95.1 Å². The first-order chi connectivity index (χ1) is 13.5. The average Bonchev–Trinajstić information content (AvgIpc) is 3.07. The lowest BCUT2D eigenvalue weighted by Gasteiger charge is -2.14. The number of pyridine rings is 1. The van der Waals surface area contributed by atoms with Crippen molar-refractivity contribution in [1.29, 1.82) is 0 Å². The number of carbonyl (C=O) groups excluding carboxylic acids is 1. The molecule has 1 amide bonds. The fourth-order valence-electron chi connectivity index (χ4n) is 3.40. The summed E-state index contributed by atoms with van der Waals surface area (Å²) in [4.78, 5) is 32.1. The molecule has 0 spiro atoms. The molecule has 0 aliphatic rings. The number of aromatic nitrogens is 2. The van der Waals surface area contributed by atoms with E-state index in [-0.39, 0.29) is 12.1 Å². The van der Waals surface area contributed by atoms with Crippen LogP contribution in [0.15, 0.2) is 60.7 Å². The second-order valence-corrected chi connectivity index (χ2v) is 6.74. The first-order valence-electron chi connectivity index (χ1n) is 8.98. The van der Waals surface area contributed by atoms with Crippen LogP contribution in [0.2, 0.25) is 0 Å². The smallest absolute Gasteiger partial charge is 0.326 e. The number of aryl methyl sites for hydroxylation is 1. The monoisotopic (exact) mass is 373 g/mol. The Kier molecular flexibility index (Phi) is 4.53. The van der Waals surface area contributed by atoms with Gasteiger partial charge >= 0.3 is 5.97 Å². The first kappa shape index (κ1) is 17.7. The zero-order valence-electron chi connectivity index (χ0n) is 15.3. The van der Waals surface area contributed by atoms with Crippen molar-refractivity contribution in [3.63, 3.8) is 0 Å². The number of fused-ring (bicyclic) bond motifs is 3. The van der Waals surface area contributed by atoms with E-state index >= 15 is 0 Å². The Hall–Kier alpha value is -3.67. The molecule has 2 aromatic carbocycles. The molecule has 2 heterocycles. The van der Waals surface area contributed by atoms with Gasteiger partial charge in [-0.1, -0.05) is 48.5 Å². The molecule has 3 N–H and O–H groups in total. The fraction of sp³-hybridized carbons (Fsp3) is 0.136. The number of hydrogen-bond donors (Lipinski definition) is 3. The summed E-state index contributed by atoms with van der Waals surface area (Å²) in [6.45, 7) is 1.83. The summed E-state index contributed by atoms with van der Waals surface area (Å²) in [7, 11) is 0. The van der Waals surface area contributed by atoms with E-state index in [1.165, 1.54) is 0 Å². The van der Waals surface area contributed by atoms with Crippen molar-refractivity contribution in [3.05, 3.63) is 77.6 Å². The maximum Gasteiger partial charge on any atom is 0.326 e. The molecule has 1 unspecified atom stereocenters. The lowest BCUT2D eigenvalue weighted by Crippen LogP contribution is -2.42. The third-order valence-corrected chi connectivity index (χ3v) is 4.80. The number of carboxylic acid groups (broad SMARTS) is 1. The number of carbonyl (C=O) groups is 2.